The minimum absolute atomic E-state index is 0.0116. The van der Waals surface area contributed by atoms with Crippen molar-refractivity contribution in [3.05, 3.63) is 11.6 Å². The molecule has 0 aromatic heterocycles. The van der Waals surface area contributed by atoms with Crippen LogP contribution in [0, 0.1) is 40.4 Å². The second-order valence-electron chi connectivity index (χ2n) is 14.7. The molecule has 1 saturated heterocycles. The van der Waals surface area contributed by atoms with E-state index in [4.69, 9.17) is 9.47 Å². The normalized spacial score (nSPS) is 46.4. The molecule has 4 aliphatic carbocycles. The minimum Gasteiger partial charge on any atom is -0.390 e. The largest absolute Gasteiger partial charge is 0.390 e. The van der Waals surface area contributed by atoms with Gasteiger partial charge in [0.05, 0.1) is 24.9 Å². The average Bonchev–Trinajstić information content (AvgIpc) is 3.28. The molecule has 13 atom stereocenters. The molecule has 0 bridgehead atoms. The Hall–Kier alpha value is -0.870. The van der Waals surface area contributed by atoms with Gasteiger partial charge < -0.3 is 35.0 Å². The van der Waals surface area contributed by atoms with Crippen molar-refractivity contribution in [2.24, 2.45) is 40.4 Å². The zero-order valence-electron chi connectivity index (χ0n) is 24.8. The van der Waals surface area contributed by atoms with Gasteiger partial charge in [0, 0.05) is 6.42 Å². The van der Waals surface area contributed by atoms with Gasteiger partial charge in [-0.05, 0) is 111 Å². The van der Waals surface area contributed by atoms with E-state index < -0.39 is 36.3 Å². The van der Waals surface area contributed by atoms with E-state index in [0.717, 1.165) is 44.9 Å². The predicted molar refractivity (Wildman–Crippen MR) is 149 cm³/mol. The predicted octanol–water partition coefficient (Wildman–Crippen LogP) is 3.12. The molecule has 13 unspecified atom stereocenters. The van der Waals surface area contributed by atoms with E-state index in [1.165, 1.54) is 5.57 Å². The van der Waals surface area contributed by atoms with E-state index in [9.17, 15) is 30.3 Å². The third-order valence-electron chi connectivity index (χ3n) is 12.3. The van der Waals surface area contributed by atoms with Gasteiger partial charge >= 0.3 is 0 Å². The van der Waals surface area contributed by atoms with Gasteiger partial charge in [-0.2, -0.15) is 0 Å². The molecule has 1 heterocycles. The van der Waals surface area contributed by atoms with Gasteiger partial charge in [0.2, 0.25) is 0 Å². The molecule has 0 aromatic carbocycles. The van der Waals surface area contributed by atoms with Crippen molar-refractivity contribution in [3.63, 3.8) is 0 Å². The number of hydrogen-bond acceptors (Lipinski definition) is 8. The van der Waals surface area contributed by atoms with Crippen molar-refractivity contribution in [2.75, 3.05) is 13.2 Å². The lowest BCUT2D eigenvalue weighted by atomic mass is 9.46. The van der Waals surface area contributed by atoms with E-state index in [1.807, 2.05) is 19.9 Å². The van der Waals surface area contributed by atoms with Gasteiger partial charge in [-0.1, -0.05) is 26.3 Å². The van der Waals surface area contributed by atoms with Crippen LogP contribution < -0.4 is 0 Å². The molecule has 5 N–H and O–H groups in total. The summed E-state index contributed by atoms with van der Waals surface area (Å²) >= 11 is 0. The molecule has 3 saturated carbocycles. The Kier molecular flexibility index (Phi) is 8.66. The summed E-state index contributed by atoms with van der Waals surface area (Å²) in [6.45, 7) is 8.75. The Labute approximate surface area is 239 Å². The molecule has 0 radical (unpaired) electrons. The Bertz CT molecular complexity index is 965. The molecular weight excluding hydrogens is 512 g/mol. The van der Waals surface area contributed by atoms with Gasteiger partial charge in [0.15, 0.2) is 12.1 Å². The molecule has 8 nitrogen and oxygen atoms in total. The number of carbonyl (C=O) groups excluding carboxylic acids is 1. The zero-order valence-corrected chi connectivity index (χ0v) is 24.8. The lowest BCUT2D eigenvalue weighted by molar-refractivity contribution is -0.272. The van der Waals surface area contributed by atoms with Gasteiger partial charge in [0.1, 0.15) is 18.3 Å². The minimum atomic E-state index is -1.32. The SMILES string of the molecule is CC(CCC(O)C(C)(O)C1CCC2C3CCC4=CC(=O)CCC4(C)C3CCC21C)COC1OCC(O)C(O)C1O. The third-order valence-corrected chi connectivity index (χ3v) is 12.3. The number of hydrogen-bond donors (Lipinski definition) is 5. The van der Waals surface area contributed by atoms with Gasteiger partial charge in [0.25, 0.3) is 0 Å². The lowest BCUT2D eigenvalue weighted by Crippen LogP contribution is -2.56. The number of ketones is 1. The van der Waals surface area contributed by atoms with Crippen LogP contribution in [0.4, 0.5) is 0 Å². The number of aliphatic hydroxyl groups is 5. The molecule has 8 heteroatoms. The van der Waals surface area contributed by atoms with E-state index in [2.05, 4.69) is 13.8 Å². The number of fused-ring (bicyclic) bond motifs is 5. The Morgan fingerprint density at radius 3 is 2.55 bits per heavy atom. The van der Waals surface area contributed by atoms with Crippen LogP contribution >= 0.6 is 0 Å². The number of rotatable bonds is 8. The lowest BCUT2D eigenvalue weighted by Gasteiger charge is -2.59. The summed E-state index contributed by atoms with van der Waals surface area (Å²) in [5.74, 6) is 2.11. The molecule has 0 amide bonds. The van der Waals surface area contributed by atoms with E-state index in [-0.39, 0.29) is 41.7 Å². The maximum Gasteiger partial charge on any atom is 0.186 e. The van der Waals surface area contributed by atoms with Crippen molar-refractivity contribution in [1.29, 1.82) is 0 Å². The second-order valence-corrected chi connectivity index (χ2v) is 14.7. The van der Waals surface area contributed by atoms with Crippen molar-refractivity contribution in [3.8, 4) is 0 Å². The fourth-order valence-corrected chi connectivity index (χ4v) is 9.75. The van der Waals surface area contributed by atoms with Crippen molar-refractivity contribution in [2.45, 2.75) is 128 Å². The smallest absolute Gasteiger partial charge is 0.186 e. The highest BCUT2D eigenvalue weighted by molar-refractivity contribution is 5.91. The van der Waals surface area contributed by atoms with Crippen LogP contribution in [-0.4, -0.2) is 80.8 Å². The average molecular weight is 565 g/mol. The van der Waals surface area contributed by atoms with Gasteiger partial charge in [-0.3, -0.25) is 4.79 Å². The van der Waals surface area contributed by atoms with Crippen LogP contribution in [0.15, 0.2) is 11.6 Å². The van der Waals surface area contributed by atoms with Crippen LogP contribution in [0.1, 0.15) is 91.9 Å². The highest BCUT2D eigenvalue weighted by Gasteiger charge is 2.62. The molecule has 5 rings (SSSR count). The van der Waals surface area contributed by atoms with Crippen molar-refractivity contribution in [1.82, 2.24) is 0 Å². The summed E-state index contributed by atoms with van der Waals surface area (Å²) in [5, 5.41) is 52.7. The first kappa shape index (κ1) is 30.6. The van der Waals surface area contributed by atoms with E-state index in [1.54, 1.807) is 0 Å². The number of allylic oxidation sites excluding steroid dienone is 1. The number of ether oxygens (including phenoxy) is 2. The molecule has 0 aromatic rings. The molecule has 4 fully saturated rings. The molecule has 40 heavy (non-hydrogen) atoms. The molecular formula is C32H52O8. The Morgan fingerprint density at radius 2 is 1.80 bits per heavy atom. The molecule has 0 spiro atoms. The third kappa shape index (κ3) is 5.24. The second kappa shape index (κ2) is 11.3. The van der Waals surface area contributed by atoms with Crippen LogP contribution in [-0.2, 0) is 14.3 Å². The maximum absolute atomic E-state index is 12.1. The standard InChI is InChI=1S/C32H52O8/c1-18(16-39-29-28(37)27(36)24(34)17-40-29)5-10-26(35)32(4,38)25-9-8-22-21-7-6-19-15-20(33)11-13-30(19,2)23(21)12-14-31(22,25)3/h15,18,21-29,34-38H,5-14,16-17H2,1-4H3. The molecule has 1 aliphatic heterocycles. The van der Waals surface area contributed by atoms with Crippen LogP contribution in [0.3, 0.4) is 0 Å². The van der Waals surface area contributed by atoms with Gasteiger partial charge in [-0.15, -0.1) is 0 Å². The van der Waals surface area contributed by atoms with Crippen LogP contribution in [0.2, 0.25) is 0 Å². The topological polar surface area (TPSA) is 137 Å². The first-order valence-corrected chi connectivity index (χ1v) is 15.7. The van der Waals surface area contributed by atoms with Crippen LogP contribution in [0.5, 0.6) is 0 Å². The van der Waals surface area contributed by atoms with Crippen molar-refractivity contribution < 1.29 is 39.8 Å². The van der Waals surface area contributed by atoms with Crippen molar-refractivity contribution >= 4 is 5.78 Å². The number of aliphatic hydroxyl groups excluding tert-OH is 4. The fourth-order valence-electron chi connectivity index (χ4n) is 9.75. The Morgan fingerprint density at radius 1 is 1.05 bits per heavy atom. The number of carbonyl (C=O) groups is 1. The zero-order chi connectivity index (χ0) is 29.0. The fraction of sp³-hybridized carbons (Fsp3) is 0.906. The summed E-state index contributed by atoms with van der Waals surface area (Å²) < 4.78 is 11.0. The quantitative estimate of drug-likeness (QED) is 0.303. The van der Waals surface area contributed by atoms with E-state index >= 15 is 0 Å². The van der Waals surface area contributed by atoms with E-state index in [0.29, 0.717) is 37.0 Å². The van der Waals surface area contributed by atoms with Gasteiger partial charge in [-0.25, -0.2) is 0 Å². The van der Waals surface area contributed by atoms with Crippen LogP contribution in [0.25, 0.3) is 0 Å². The highest BCUT2D eigenvalue weighted by atomic mass is 16.7. The Balaban J connectivity index is 1.18. The summed E-state index contributed by atoms with van der Waals surface area (Å²) in [6.07, 6.45) is 5.39. The molecule has 5 aliphatic rings. The summed E-state index contributed by atoms with van der Waals surface area (Å²) in [4.78, 5) is 12.1. The maximum atomic E-state index is 12.1. The monoisotopic (exact) mass is 564 g/mol. The summed E-state index contributed by atoms with van der Waals surface area (Å²) in [6, 6.07) is 0. The summed E-state index contributed by atoms with van der Waals surface area (Å²) in [7, 11) is 0. The first-order valence-electron chi connectivity index (χ1n) is 15.7. The molecule has 228 valence electrons. The first-order chi connectivity index (χ1) is 18.8. The summed E-state index contributed by atoms with van der Waals surface area (Å²) in [5.41, 5.74) is 0.304. The highest BCUT2D eigenvalue weighted by Crippen LogP contribution is 2.68.